The number of nitrogens with zero attached hydrogens (tertiary/aromatic N) is 3. The van der Waals surface area contributed by atoms with Crippen LogP contribution in [0.15, 0.2) is 24.3 Å². The molecule has 1 aliphatic carbocycles. The molecule has 6 nitrogen and oxygen atoms in total. The molecule has 3 atom stereocenters. The lowest BCUT2D eigenvalue weighted by atomic mass is 9.90. The molecule has 0 bridgehead atoms. The zero-order chi connectivity index (χ0) is 19.0. The van der Waals surface area contributed by atoms with Crippen molar-refractivity contribution in [2.24, 2.45) is 5.92 Å². The molecule has 3 aliphatic rings. The SMILES string of the molecule is CC1CN(CC(=O)N2CCOC3CCCCC32)c2ccccc2N(C)C1=O. The van der Waals surface area contributed by atoms with Gasteiger partial charge < -0.3 is 19.4 Å². The van der Waals surface area contributed by atoms with Crippen molar-refractivity contribution in [1.82, 2.24) is 4.90 Å². The summed E-state index contributed by atoms with van der Waals surface area (Å²) in [5.74, 6) is 0.0904. The van der Waals surface area contributed by atoms with Gasteiger partial charge in [-0.1, -0.05) is 31.9 Å². The number of carbonyl (C=O) groups is 2. The lowest BCUT2D eigenvalue weighted by Gasteiger charge is -2.44. The van der Waals surface area contributed by atoms with Gasteiger partial charge in [0.25, 0.3) is 0 Å². The largest absolute Gasteiger partial charge is 0.374 e. The molecule has 1 saturated carbocycles. The van der Waals surface area contributed by atoms with E-state index in [1.807, 2.05) is 43.1 Å². The molecule has 3 unspecified atom stereocenters. The first-order chi connectivity index (χ1) is 13.1. The van der Waals surface area contributed by atoms with Crippen LogP contribution in [0.2, 0.25) is 0 Å². The molecule has 2 fully saturated rings. The number of fused-ring (bicyclic) bond motifs is 2. The molecular weight excluding hydrogens is 342 g/mol. The Morgan fingerprint density at radius 3 is 2.74 bits per heavy atom. The van der Waals surface area contributed by atoms with Crippen molar-refractivity contribution in [1.29, 1.82) is 0 Å². The summed E-state index contributed by atoms with van der Waals surface area (Å²) in [6.07, 6.45) is 4.63. The maximum atomic E-state index is 13.2. The van der Waals surface area contributed by atoms with Gasteiger partial charge in [-0.2, -0.15) is 0 Å². The van der Waals surface area contributed by atoms with Crippen LogP contribution in [-0.4, -0.2) is 62.1 Å². The normalized spacial score (nSPS) is 28.4. The number of rotatable bonds is 2. The Morgan fingerprint density at radius 2 is 1.93 bits per heavy atom. The van der Waals surface area contributed by atoms with Crippen molar-refractivity contribution in [3.8, 4) is 0 Å². The van der Waals surface area contributed by atoms with Crippen LogP contribution < -0.4 is 9.80 Å². The van der Waals surface area contributed by atoms with Crippen molar-refractivity contribution in [3.63, 3.8) is 0 Å². The maximum Gasteiger partial charge on any atom is 0.242 e. The number of anilines is 2. The third kappa shape index (κ3) is 3.43. The Hall–Kier alpha value is -2.08. The fourth-order valence-electron chi connectivity index (χ4n) is 4.78. The van der Waals surface area contributed by atoms with Gasteiger partial charge in [0.2, 0.25) is 11.8 Å². The molecule has 27 heavy (non-hydrogen) atoms. The van der Waals surface area contributed by atoms with E-state index in [4.69, 9.17) is 4.74 Å². The smallest absolute Gasteiger partial charge is 0.242 e. The summed E-state index contributed by atoms with van der Waals surface area (Å²) in [4.78, 5) is 31.7. The molecule has 0 N–H and O–H groups in total. The molecule has 1 saturated heterocycles. The summed E-state index contributed by atoms with van der Waals surface area (Å²) >= 11 is 0. The van der Waals surface area contributed by atoms with Crippen LogP contribution >= 0.6 is 0 Å². The first-order valence-electron chi connectivity index (χ1n) is 10.1. The summed E-state index contributed by atoms with van der Waals surface area (Å²) in [7, 11) is 1.82. The molecule has 2 aliphatic heterocycles. The Morgan fingerprint density at radius 1 is 1.19 bits per heavy atom. The van der Waals surface area contributed by atoms with E-state index in [1.165, 1.54) is 6.42 Å². The zero-order valence-electron chi connectivity index (χ0n) is 16.3. The van der Waals surface area contributed by atoms with E-state index < -0.39 is 0 Å². The second-order valence-electron chi connectivity index (χ2n) is 8.02. The van der Waals surface area contributed by atoms with Gasteiger partial charge in [0.15, 0.2) is 0 Å². The third-order valence-corrected chi connectivity index (χ3v) is 6.21. The van der Waals surface area contributed by atoms with Crippen LogP contribution in [-0.2, 0) is 14.3 Å². The maximum absolute atomic E-state index is 13.2. The van der Waals surface area contributed by atoms with Crippen LogP contribution in [0.4, 0.5) is 11.4 Å². The van der Waals surface area contributed by atoms with Gasteiger partial charge in [-0.15, -0.1) is 0 Å². The minimum atomic E-state index is -0.151. The van der Waals surface area contributed by atoms with E-state index in [9.17, 15) is 9.59 Å². The van der Waals surface area contributed by atoms with Crippen molar-refractivity contribution in [3.05, 3.63) is 24.3 Å². The van der Waals surface area contributed by atoms with Crippen LogP contribution in [0, 0.1) is 5.92 Å². The van der Waals surface area contributed by atoms with Crippen LogP contribution in [0.5, 0.6) is 0 Å². The highest BCUT2D eigenvalue weighted by Gasteiger charge is 2.38. The van der Waals surface area contributed by atoms with E-state index in [0.717, 1.165) is 30.6 Å². The van der Waals surface area contributed by atoms with Crippen molar-refractivity contribution < 1.29 is 14.3 Å². The lowest BCUT2D eigenvalue weighted by molar-refractivity contribution is -0.148. The molecule has 1 aromatic carbocycles. The van der Waals surface area contributed by atoms with Gasteiger partial charge in [0, 0.05) is 20.1 Å². The fraction of sp³-hybridized carbons (Fsp3) is 0.619. The zero-order valence-corrected chi connectivity index (χ0v) is 16.3. The Labute approximate surface area is 161 Å². The van der Waals surface area contributed by atoms with Crippen LogP contribution in [0.3, 0.4) is 0 Å². The lowest BCUT2D eigenvalue weighted by Crippen LogP contribution is -2.57. The van der Waals surface area contributed by atoms with Gasteiger partial charge in [0.05, 0.1) is 42.6 Å². The molecule has 2 heterocycles. The standard InChI is InChI=1S/C21H29N3O3/c1-15-13-23(17-8-4-3-7-16(17)22(2)21(15)26)14-20(25)24-11-12-27-19-10-6-5-9-18(19)24/h3-4,7-8,15,18-19H,5-6,9-14H2,1-2H3. The minimum absolute atomic E-state index is 0.0936. The minimum Gasteiger partial charge on any atom is -0.374 e. The highest BCUT2D eigenvalue weighted by atomic mass is 16.5. The summed E-state index contributed by atoms with van der Waals surface area (Å²) in [5, 5.41) is 0. The number of benzene rings is 1. The molecule has 6 heteroatoms. The highest BCUT2D eigenvalue weighted by molar-refractivity contribution is 6.00. The Balaban J connectivity index is 1.56. The van der Waals surface area contributed by atoms with Gasteiger partial charge in [-0.05, 0) is 25.0 Å². The average molecular weight is 371 g/mol. The number of carbonyl (C=O) groups excluding carboxylic acids is 2. The second kappa shape index (κ2) is 7.50. The van der Waals surface area contributed by atoms with Crippen LogP contribution in [0.25, 0.3) is 0 Å². The predicted molar refractivity (Wildman–Crippen MR) is 105 cm³/mol. The van der Waals surface area contributed by atoms with E-state index in [1.54, 1.807) is 4.90 Å². The summed E-state index contributed by atoms with van der Waals surface area (Å²) < 4.78 is 5.91. The Bertz CT molecular complexity index is 720. The number of hydrogen-bond acceptors (Lipinski definition) is 4. The van der Waals surface area contributed by atoms with E-state index in [-0.39, 0.29) is 29.9 Å². The molecule has 2 amide bonds. The summed E-state index contributed by atoms with van der Waals surface area (Å²) in [6.45, 7) is 4.11. The second-order valence-corrected chi connectivity index (χ2v) is 8.02. The number of morpholine rings is 1. The van der Waals surface area contributed by atoms with Crippen molar-refractivity contribution >= 4 is 23.2 Å². The first kappa shape index (κ1) is 18.3. The van der Waals surface area contributed by atoms with Crippen LogP contribution in [0.1, 0.15) is 32.6 Å². The molecular formula is C21H29N3O3. The predicted octanol–water partition coefficient (Wildman–Crippen LogP) is 2.28. The molecule has 146 valence electrons. The topological polar surface area (TPSA) is 53.1 Å². The van der Waals surface area contributed by atoms with Gasteiger partial charge in [-0.25, -0.2) is 0 Å². The molecule has 4 rings (SSSR count). The van der Waals surface area contributed by atoms with E-state index in [0.29, 0.717) is 26.2 Å². The van der Waals surface area contributed by atoms with Crippen molar-refractivity contribution in [2.75, 3.05) is 43.1 Å². The van der Waals surface area contributed by atoms with Gasteiger partial charge in [0.1, 0.15) is 0 Å². The summed E-state index contributed by atoms with van der Waals surface area (Å²) in [6, 6.07) is 8.08. The molecule has 0 aromatic heterocycles. The van der Waals surface area contributed by atoms with E-state index >= 15 is 0 Å². The molecule has 1 aromatic rings. The monoisotopic (exact) mass is 371 g/mol. The van der Waals surface area contributed by atoms with Gasteiger partial charge >= 0.3 is 0 Å². The number of amides is 2. The third-order valence-electron chi connectivity index (χ3n) is 6.21. The number of ether oxygens (including phenoxy) is 1. The average Bonchev–Trinajstić information content (AvgIpc) is 2.79. The fourth-order valence-corrected chi connectivity index (χ4v) is 4.78. The van der Waals surface area contributed by atoms with E-state index in [2.05, 4.69) is 4.90 Å². The summed E-state index contributed by atoms with van der Waals surface area (Å²) in [5.41, 5.74) is 1.83. The van der Waals surface area contributed by atoms with Gasteiger partial charge in [-0.3, -0.25) is 9.59 Å². The molecule has 0 radical (unpaired) electrons. The first-order valence-corrected chi connectivity index (χ1v) is 10.1. The Kier molecular flexibility index (Phi) is 5.08. The number of hydrogen-bond donors (Lipinski definition) is 0. The highest BCUT2D eigenvalue weighted by Crippen LogP contribution is 2.34. The quantitative estimate of drug-likeness (QED) is 0.800. The van der Waals surface area contributed by atoms with Crippen molar-refractivity contribution in [2.45, 2.75) is 44.8 Å². The molecule has 0 spiro atoms. The number of para-hydroxylation sites is 2.